The highest BCUT2D eigenvalue weighted by Crippen LogP contribution is 2.54. The first-order valence-corrected chi connectivity index (χ1v) is 6.03. The Balaban J connectivity index is 1.79. The molecular weight excluding hydrogens is 216 g/mol. The largest absolute Gasteiger partial charge is 0.0843 e. The third-order valence-corrected chi connectivity index (χ3v) is 3.57. The average Bonchev–Trinajstić information content (AvgIpc) is 3.11. The molecule has 1 saturated carbocycles. The van der Waals surface area contributed by atoms with Gasteiger partial charge in [-0.1, -0.05) is 54.1 Å². The Hall–Kier alpha value is -1.27. The van der Waals surface area contributed by atoms with Crippen LogP contribution in [0.25, 0.3) is 0 Å². The van der Waals surface area contributed by atoms with E-state index in [1.807, 2.05) is 12.1 Å². The van der Waals surface area contributed by atoms with Crippen LogP contribution in [0, 0.1) is 0 Å². The van der Waals surface area contributed by atoms with Gasteiger partial charge in [0.25, 0.3) is 0 Å². The molecule has 80 valence electrons. The maximum Gasteiger partial charge on any atom is 0.0406 e. The Morgan fingerprint density at radius 1 is 0.750 bits per heavy atom. The summed E-state index contributed by atoms with van der Waals surface area (Å²) in [5, 5.41) is 0.820. The van der Waals surface area contributed by atoms with Crippen molar-refractivity contribution in [3.8, 4) is 0 Å². The third kappa shape index (κ3) is 1.85. The Morgan fingerprint density at radius 2 is 1.31 bits per heavy atom. The Bertz CT molecular complexity index is 473. The molecule has 0 nitrogen and oxygen atoms in total. The maximum absolute atomic E-state index is 5.89. The lowest BCUT2D eigenvalue weighted by Gasteiger charge is -2.01. The van der Waals surface area contributed by atoms with E-state index in [4.69, 9.17) is 11.6 Å². The van der Waals surface area contributed by atoms with Gasteiger partial charge in [-0.2, -0.15) is 0 Å². The molecule has 1 fully saturated rings. The van der Waals surface area contributed by atoms with Crippen LogP contribution in [0.15, 0.2) is 54.6 Å². The molecule has 0 spiro atoms. The monoisotopic (exact) mass is 228 g/mol. The van der Waals surface area contributed by atoms with Gasteiger partial charge >= 0.3 is 0 Å². The quantitative estimate of drug-likeness (QED) is 0.704. The highest BCUT2D eigenvalue weighted by Gasteiger charge is 2.38. The van der Waals surface area contributed by atoms with Gasteiger partial charge in [-0.3, -0.25) is 0 Å². The smallest absolute Gasteiger partial charge is 0.0406 e. The molecule has 0 amide bonds. The zero-order chi connectivity index (χ0) is 11.0. The van der Waals surface area contributed by atoms with Crippen LogP contribution >= 0.6 is 11.6 Å². The van der Waals surface area contributed by atoms with Gasteiger partial charge in [-0.25, -0.2) is 0 Å². The predicted octanol–water partition coefficient (Wildman–Crippen LogP) is 4.61. The SMILES string of the molecule is Clc1ccc([C@@H]2C[C@H]2c2ccccc2)cc1. The van der Waals surface area contributed by atoms with Crippen molar-refractivity contribution in [3.63, 3.8) is 0 Å². The van der Waals surface area contributed by atoms with Crippen molar-refractivity contribution < 1.29 is 0 Å². The number of rotatable bonds is 2. The van der Waals surface area contributed by atoms with E-state index in [0.717, 1.165) is 5.02 Å². The van der Waals surface area contributed by atoms with E-state index in [0.29, 0.717) is 11.8 Å². The van der Waals surface area contributed by atoms with Crippen molar-refractivity contribution in [1.82, 2.24) is 0 Å². The second kappa shape index (κ2) is 3.95. The zero-order valence-corrected chi connectivity index (χ0v) is 9.69. The molecule has 2 atom stereocenters. The number of hydrogen-bond acceptors (Lipinski definition) is 0. The average molecular weight is 229 g/mol. The van der Waals surface area contributed by atoms with Crippen LogP contribution < -0.4 is 0 Å². The second-order valence-corrected chi connectivity index (χ2v) is 4.85. The number of hydrogen-bond donors (Lipinski definition) is 0. The minimum Gasteiger partial charge on any atom is -0.0843 e. The molecule has 0 aromatic heterocycles. The molecule has 2 aromatic carbocycles. The topological polar surface area (TPSA) is 0 Å². The Labute approximate surface area is 101 Å². The summed E-state index contributed by atoms with van der Waals surface area (Å²) in [7, 11) is 0. The first-order chi connectivity index (χ1) is 7.84. The highest BCUT2D eigenvalue weighted by molar-refractivity contribution is 6.30. The second-order valence-electron chi connectivity index (χ2n) is 4.41. The fourth-order valence-electron chi connectivity index (χ4n) is 2.34. The predicted molar refractivity (Wildman–Crippen MR) is 68.0 cm³/mol. The number of benzene rings is 2. The fourth-order valence-corrected chi connectivity index (χ4v) is 2.47. The van der Waals surface area contributed by atoms with Crippen LogP contribution in [0.1, 0.15) is 29.4 Å². The fraction of sp³-hybridized carbons (Fsp3) is 0.200. The maximum atomic E-state index is 5.89. The normalized spacial score (nSPS) is 23.1. The van der Waals surface area contributed by atoms with Gasteiger partial charge in [-0.05, 0) is 41.5 Å². The van der Waals surface area contributed by atoms with Crippen LogP contribution in [0.2, 0.25) is 5.02 Å². The van der Waals surface area contributed by atoms with Gasteiger partial charge in [0.15, 0.2) is 0 Å². The molecule has 16 heavy (non-hydrogen) atoms. The summed E-state index contributed by atoms with van der Waals surface area (Å²) >= 11 is 5.89. The molecule has 1 heteroatoms. The van der Waals surface area contributed by atoms with Crippen LogP contribution in [0.5, 0.6) is 0 Å². The molecule has 0 unspecified atom stereocenters. The van der Waals surface area contributed by atoms with E-state index >= 15 is 0 Å². The molecule has 0 N–H and O–H groups in total. The highest BCUT2D eigenvalue weighted by atomic mass is 35.5. The van der Waals surface area contributed by atoms with Gasteiger partial charge in [-0.15, -0.1) is 0 Å². The van der Waals surface area contributed by atoms with E-state index in [1.165, 1.54) is 17.5 Å². The molecule has 1 aliphatic rings. The molecule has 0 radical (unpaired) electrons. The summed E-state index contributed by atoms with van der Waals surface area (Å²) in [5.41, 5.74) is 2.88. The van der Waals surface area contributed by atoms with Crippen LogP contribution in [0.4, 0.5) is 0 Å². The van der Waals surface area contributed by atoms with E-state index < -0.39 is 0 Å². The lowest BCUT2D eigenvalue weighted by atomic mass is 10.0. The minimum atomic E-state index is 0.694. The Kier molecular flexibility index (Phi) is 2.45. The van der Waals surface area contributed by atoms with E-state index in [2.05, 4.69) is 42.5 Å². The van der Waals surface area contributed by atoms with Crippen molar-refractivity contribution in [2.45, 2.75) is 18.3 Å². The molecule has 3 rings (SSSR count). The molecule has 0 saturated heterocycles. The summed E-state index contributed by atoms with van der Waals surface area (Å²) in [6, 6.07) is 19.0. The van der Waals surface area contributed by atoms with Crippen molar-refractivity contribution in [2.24, 2.45) is 0 Å². The lowest BCUT2D eigenvalue weighted by molar-refractivity contribution is 1.03. The summed E-state index contributed by atoms with van der Waals surface area (Å²) in [4.78, 5) is 0. The van der Waals surface area contributed by atoms with Gasteiger partial charge in [0.2, 0.25) is 0 Å². The van der Waals surface area contributed by atoms with Crippen molar-refractivity contribution >= 4 is 11.6 Å². The van der Waals surface area contributed by atoms with Gasteiger partial charge in [0, 0.05) is 5.02 Å². The first kappa shape index (κ1) is 9.92. The first-order valence-electron chi connectivity index (χ1n) is 5.65. The standard InChI is InChI=1S/C15H13Cl/c16-13-8-6-12(7-9-13)15-10-14(15)11-4-2-1-3-5-11/h1-9,14-15H,10H2/t14-,15-/m0/s1. The molecule has 0 bridgehead atoms. The van der Waals surface area contributed by atoms with E-state index in [1.54, 1.807) is 0 Å². The summed E-state index contributed by atoms with van der Waals surface area (Å²) in [6.45, 7) is 0. The van der Waals surface area contributed by atoms with Crippen molar-refractivity contribution in [2.75, 3.05) is 0 Å². The molecule has 1 aliphatic carbocycles. The summed E-state index contributed by atoms with van der Waals surface area (Å²) < 4.78 is 0. The van der Waals surface area contributed by atoms with Gasteiger partial charge < -0.3 is 0 Å². The van der Waals surface area contributed by atoms with Crippen molar-refractivity contribution in [3.05, 3.63) is 70.7 Å². The molecule has 2 aromatic rings. The van der Waals surface area contributed by atoms with Crippen LogP contribution in [0.3, 0.4) is 0 Å². The number of halogens is 1. The van der Waals surface area contributed by atoms with E-state index in [-0.39, 0.29) is 0 Å². The lowest BCUT2D eigenvalue weighted by Crippen LogP contribution is -1.83. The molecule has 0 heterocycles. The van der Waals surface area contributed by atoms with Crippen molar-refractivity contribution in [1.29, 1.82) is 0 Å². The van der Waals surface area contributed by atoms with Gasteiger partial charge in [0.1, 0.15) is 0 Å². The summed E-state index contributed by atoms with van der Waals surface area (Å²) in [5.74, 6) is 1.40. The van der Waals surface area contributed by atoms with Crippen LogP contribution in [-0.4, -0.2) is 0 Å². The van der Waals surface area contributed by atoms with Gasteiger partial charge in [0.05, 0.1) is 0 Å². The molecule has 0 aliphatic heterocycles. The Morgan fingerprint density at radius 3 is 1.94 bits per heavy atom. The van der Waals surface area contributed by atoms with Crippen LogP contribution in [-0.2, 0) is 0 Å². The summed E-state index contributed by atoms with van der Waals surface area (Å²) in [6.07, 6.45) is 1.27. The third-order valence-electron chi connectivity index (χ3n) is 3.32. The minimum absolute atomic E-state index is 0.694. The zero-order valence-electron chi connectivity index (χ0n) is 8.94. The molecular formula is C15H13Cl. The van der Waals surface area contributed by atoms with E-state index in [9.17, 15) is 0 Å².